The van der Waals surface area contributed by atoms with Crippen molar-refractivity contribution < 1.29 is 22.7 Å². The largest absolute Gasteiger partial charge is 0.450 e. The van der Waals surface area contributed by atoms with Gasteiger partial charge < -0.3 is 4.74 Å². The number of cyclic esters (lactones) is 1. The minimum Gasteiger partial charge on any atom is -0.450 e. The Labute approximate surface area is 254 Å². The van der Waals surface area contributed by atoms with Gasteiger partial charge in [-0.25, -0.2) is 13.1 Å². The second kappa shape index (κ2) is 12.3. The van der Waals surface area contributed by atoms with Gasteiger partial charge in [0.2, 0.25) is 10.0 Å². The maximum atomic E-state index is 14.6. The summed E-state index contributed by atoms with van der Waals surface area (Å²) in [7, 11) is -3.71. The first-order valence-electron chi connectivity index (χ1n) is 14.5. The Morgan fingerprint density at radius 2 is 1.26 bits per heavy atom. The van der Waals surface area contributed by atoms with Crippen LogP contribution in [0.15, 0.2) is 120 Å². The van der Waals surface area contributed by atoms with E-state index in [1.54, 1.807) is 30.3 Å². The number of sulfonamides is 1. The number of carbonyl (C=O) groups excluding carboxylic acids is 2. The van der Waals surface area contributed by atoms with E-state index in [9.17, 15) is 18.0 Å². The van der Waals surface area contributed by atoms with Crippen LogP contribution in [-0.4, -0.2) is 25.8 Å². The van der Waals surface area contributed by atoms with E-state index in [4.69, 9.17) is 4.74 Å². The number of hydrogen-bond donors (Lipinski definition) is 1. The molecule has 1 fully saturated rings. The first kappa shape index (κ1) is 30.4. The molecular weight excluding hydrogens is 558 g/mol. The molecule has 222 valence electrons. The predicted octanol–water partition coefficient (Wildman–Crippen LogP) is 6.26. The molecule has 2 atom stereocenters. The Bertz CT molecular complexity index is 1640. The number of ketones is 1. The fraction of sp³-hybridized carbons (Fsp3) is 0.278. The minimum atomic E-state index is -3.71. The maximum absolute atomic E-state index is 14.6. The van der Waals surface area contributed by atoms with Gasteiger partial charge >= 0.3 is 5.97 Å². The Hall–Kier alpha value is -4.07. The molecule has 1 heterocycles. The Kier molecular flexibility index (Phi) is 8.67. The zero-order valence-corrected chi connectivity index (χ0v) is 25.5. The number of rotatable bonds is 10. The Morgan fingerprint density at radius 1 is 0.744 bits per heavy atom. The molecule has 0 saturated carbocycles. The van der Waals surface area contributed by atoms with Crippen LogP contribution in [-0.2, 0) is 43.7 Å². The van der Waals surface area contributed by atoms with Crippen LogP contribution in [0.3, 0.4) is 0 Å². The van der Waals surface area contributed by atoms with Crippen LogP contribution in [0.25, 0.3) is 0 Å². The molecule has 1 aliphatic heterocycles. The second-order valence-corrected chi connectivity index (χ2v) is 14.1. The SMILES string of the molecule is CC(C)(C)C(c1cccc(CNS(=O)(=O)c2ccccc2)c1)C1C(=O)OC(Cc2ccccc2)(Cc2ccccc2)C1=O. The molecule has 2 unspecified atom stereocenters. The van der Waals surface area contributed by atoms with Crippen molar-refractivity contribution in [2.45, 2.75) is 56.6 Å². The van der Waals surface area contributed by atoms with Crippen LogP contribution in [0.4, 0.5) is 0 Å². The third kappa shape index (κ3) is 6.79. The van der Waals surface area contributed by atoms with Gasteiger partial charge in [0, 0.05) is 25.3 Å². The number of esters is 1. The van der Waals surface area contributed by atoms with Crippen molar-refractivity contribution in [3.8, 4) is 0 Å². The molecule has 6 nitrogen and oxygen atoms in total. The maximum Gasteiger partial charge on any atom is 0.318 e. The smallest absolute Gasteiger partial charge is 0.318 e. The number of hydrogen-bond acceptors (Lipinski definition) is 5. The lowest BCUT2D eigenvalue weighted by atomic mass is 9.66. The van der Waals surface area contributed by atoms with Gasteiger partial charge in [0.15, 0.2) is 11.4 Å². The van der Waals surface area contributed by atoms with Crippen molar-refractivity contribution in [1.82, 2.24) is 4.72 Å². The van der Waals surface area contributed by atoms with Crippen molar-refractivity contribution in [2.24, 2.45) is 11.3 Å². The quantitative estimate of drug-likeness (QED) is 0.173. The monoisotopic (exact) mass is 595 g/mol. The molecule has 4 aromatic carbocycles. The molecule has 1 aliphatic rings. The van der Waals surface area contributed by atoms with Crippen LogP contribution >= 0.6 is 0 Å². The van der Waals surface area contributed by atoms with E-state index in [1.807, 2.05) is 106 Å². The lowest BCUT2D eigenvalue weighted by molar-refractivity contribution is -0.153. The third-order valence-corrected chi connectivity index (χ3v) is 9.46. The molecule has 0 spiro atoms. The molecule has 5 rings (SSSR count). The lowest BCUT2D eigenvalue weighted by Crippen LogP contribution is -2.44. The zero-order valence-electron chi connectivity index (χ0n) is 24.7. The highest BCUT2D eigenvalue weighted by molar-refractivity contribution is 7.89. The van der Waals surface area contributed by atoms with E-state index in [0.717, 1.165) is 22.3 Å². The van der Waals surface area contributed by atoms with Crippen molar-refractivity contribution >= 4 is 21.8 Å². The number of nitrogens with one attached hydrogen (secondary N) is 1. The standard InChI is InChI=1S/C36H37NO5S/c1-35(2,3)32(29-19-13-18-28(22-29)25-37-43(40,41)30-20-11-6-12-21-30)31-33(38)36(42-34(31)39,23-26-14-7-4-8-15-26)24-27-16-9-5-10-17-27/h4-22,31-32,37H,23-25H2,1-3H3. The van der Waals surface area contributed by atoms with Crippen LogP contribution < -0.4 is 4.72 Å². The van der Waals surface area contributed by atoms with Crippen LogP contribution in [0, 0.1) is 11.3 Å². The van der Waals surface area contributed by atoms with Crippen molar-refractivity contribution in [1.29, 1.82) is 0 Å². The molecule has 1 N–H and O–H groups in total. The Morgan fingerprint density at radius 3 is 1.79 bits per heavy atom. The summed E-state index contributed by atoms with van der Waals surface area (Å²) in [4.78, 5) is 28.6. The highest BCUT2D eigenvalue weighted by Gasteiger charge is 2.59. The highest BCUT2D eigenvalue weighted by Crippen LogP contribution is 2.48. The van der Waals surface area contributed by atoms with Crippen molar-refractivity contribution in [3.63, 3.8) is 0 Å². The van der Waals surface area contributed by atoms with E-state index in [-0.39, 0.29) is 30.1 Å². The van der Waals surface area contributed by atoms with Gasteiger partial charge in [-0.05, 0) is 39.8 Å². The van der Waals surface area contributed by atoms with Crippen LogP contribution in [0.2, 0.25) is 0 Å². The number of benzene rings is 4. The summed E-state index contributed by atoms with van der Waals surface area (Å²) in [6, 6.07) is 35.0. The molecule has 0 amide bonds. The average Bonchev–Trinajstić information content (AvgIpc) is 3.21. The summed E-state index contributed by atoms with van der Waals surface area (Å²) < 4.78 is 34.5. The molecule has 43 heavy (non-hydrogen) atoms. The molecule has 1 saturated heterocycles. The molecule has 0 radical (unpaired) electrons. The fourth-order valence-electron chi connectivity index (χ4n) is 6.09. The minimum absolute atomic E-state index is 0.0664. The van der Waals surface area contributed by atoms with Gasteiger partial charge in [-0.15, -0.1) is 0 Å². The third-order valence-electron chi connectivity index (χ3n) is 8.04. The fourth-order valence-corrected chi connectivity index (χ4v) is 7.13. The number of carbonyl (C=O) groups is 2. The van der Waals surface area contributed by atoms with Crippen molar-refractivity contribution in [3.05, 3.63) is 138 Å². The molecule has 7 heteroatoms. The van der Waals surface area contributed by atoms with Gasteiger partial charge in [-0.3, -0.25) is 9.59 Å². The topological polar surface area (TPSA) is 89.5 Å². The molecule has 0 aromatic heterocycles. The molecule has 0 bridgehead atoms. The average molecular weight is 596 g/mol. The second-order valence-electron chi connectivity index (χ2n) is 12.3. The summed E-state index contributed by atoms with van der Waals surface area (Å²) in [6.07, 6.45) is 0.559. The van der Waals surface area contributed by atoms with Gasteiger partial charge in [-0.1, -0.05) is 124 Å². The number of Topliss-reactive ketones (excluding diaryl/α,β-unsaturated/α-hetero) is 1. The summed E-state index contributed by atoms with van der Waals surface area (Å²) in [5.41, 5.74) is 1.52. The first-order valence-corrected chi connectivity index (χ1v) is 16.0. The number of ether oxygens (including phenoxy) is 1. The summed E-state index contributed by atoms with van der Waals surface area (Å²) in [5, 5.41) is 0. The Balaban J connectivity index is 1.48. The van der Waals surface area contributed by atoms with Gasteiger partial charge in [-0.2, -0.15) is 0 Å². The van der Waals surface area contributed by atoms with Crippen LogP contribution in [0.1, 0.15) is 48.9 Å². The van der Waals surface area contributed by atoms with Crippen LogP contribution in [0.5, 0.6) is 0 Å². The lowest BCUT2D eigenvalue weighted by Gasteiger charge is -2.34. The summed E-state index contributed by atoms with van der Waals surface area (Å²) in [5.74, 6) is -2.25. The predicted molar refractivity (Wildman–Crippen MR) is 167 cm³/mol. The normalized spacial score (nSPS) is 17.4. The summed E-state index contributed by atoms with van der Waals surface area (Å²) >= 11 is 0. The summed E-state index contributed by atoms with van der Waals surface area (Å²) in [6.45, 7) is 6.10. The van der Waals surface area contributed by atoms with Gasteiger partial charge in [0.05, 0.1) is 4.90 Å². The molecule has 4 aromatic rings. The highest BCUT2D eigenvalue weighted by atomic mass is 32.2. The van der Waals surface area contributed by atoms with E-state index in [2.05, 4.69) is 4.72 Å². The van der Waals surface area contributed by atoms with E-state index < -0.39 is 38.8 Å². The zero-order chi connectivity index (χ0) is 30.7. The molecule has 0 aliphatic carbocycles. The van der Waals surface area contributed by atoms with Gasteiger partial charge in [0.1, 0.15) is 5.92 Å². The molecular formula is C36H37NO5S. The van der Waals surface area contributed by atoms with E-state index in [1.165, 1.54) is 0 Å². The van der Waals surface area contributed by atoms with Gasteiger partial charge in [0.25, 0.3) is 0 Å². The first-order chi connectivity index (χ1) is 20.5. The van der Waals surface area contributed by atoms with Crippen molar-refractivity contribution in [2.75, 3.05) is 0 Å². The van der Waals surface area contributed by atoms with E-state index >= 15 is 0 Å². The van der Waals surface area contributed by atoms with E-state index in [0.29, 0.717) is 0 Å².